The van der Waals surface area contributed by atoms with Crippen LogP contribution in [0.3, 0.4) is 0 Å². The van der Waals surface area contributed by atoms with E-state index in [1.165, 1.54) is 41.6 Å². The summed E-state index contributed by atoms with van der Waals surface area (Å²) in [6, 6.07) is 15.4. The first kappa shape index (κ1) is 23.1. The van der Waals surface area contributed by atoms with E-state index >= 15 is 0 Å². The van der Waals surface area contributed by atoms with Gasteiger partial charge in [0, 0.05) is 33.5 Å². The molecule has 6 nitrogen and oxygen atoms in total. The van der Waals surface area contributed by atoms with E-state index in [4.69, 9.17) is 0 Å². The zero-order chi connectivity index (χ0) is 24.7. The minimum Gasteiger partial charge on any atom is -0.358 e. The lowest BCUT2D eigenvalue weighted by atomic mass is 9.87. The Morgan fingerprint density at radius 1 is 1.03 bits per heavy atom. The number of sulfonamides is 1. The molecule has 35 heavy (non-hydrogen) atoms. The van der Waals surface area contributed by atoms with E-state index in [0.717, 1.165) is 30.2 Å². The SMILES string of the molecule is Cc1ccc(NC(=O)c2ccc3[nH]c4c(c3c2)C[C@@H](C)CC4)cc1S(=O)(=O)Nc1ccc(F)cc1. The van der Waals surface area contributed by atoms with Gasteiger partial charge in [0.2, 0.25) is 0 Å². The fourth-order valence-electron chi connectivity index (χ4n) is 4.63. The third-order valence-electron chi connectivity index (χ3n) is 6.53. The fraction of sp³-hybridized carbons (Fsp3) is 0.222. The van der Waals surface area contributed by atoms with Gasteiger partial charge in [-0.15, -0.1) is 0 Å². The topological polar surface area (TPSA) is 91.1 Å². The third kappa shape index (κ3) is 4.66. The van der Waals surface area contributed by atoms with Gasteiger partial charge in [-0.3, -0.25) is 9.52 Å². The molecule has 1 aliphatic rings. The standard InChI is InChI=1S/C27H26FN3O3S/c1-16-3-11-24-22(13-16)23-14-18(5-12-25(23)30-24)27(32)29-21-8-4-17(2)26(15-21)35(33,34)31-20-9-6-19(28)7-10-20/h4-10,12,14-16,30-31H,3,11,13H2,1-2H3,(H,29,32)/t16-/m0/s1. The monoisotopic (exact) mass is 491 g/mol. The zero-order valence-electron chi connectivity index (χ0n) is 19.5. The van der Waals surface area contributed by atoms with Crippen molar-refractivity contribution in [1.82, 2.24) is 4.98 Å². The molecule has 1 atom stereocenters. The van der Waals surface area contributed by atoms with Gasteiger partial charge in [-0.05, 0) is 97.8 Å². The lowest BCUT2D eigenvalue weighted by molar-refractivity contribution is 0.102. The van der Waals surface area contributed by atoms with Gasteiger partial charge < -0.3 is 10.3 Å². The van der Waals surface area contributed by atoms with Crippen molar-refractivity contribution in [3.8, 4) is 0 Å². The molecule has 0 aliphatic heterocycles. The van der Waals surface area contributed by atoms with E-state index in [0.29, 0.717) is 22.7 Å². The summed E-state index contributed by atoms with van der Waals surface area (Å²) >= 11 is 0. The number of aryl methyl sites for hydroxylation is 2. The van der Waals surface area contributed by atoms with Crippen molar-refractivity contribution in [2.45, 2.75) is 38.0 Å². The summed E-state index contributed by atoms with van der Waals surface area (Å²) in [6.07, 6.45) is 3.15. The average Bonchev–Trinajstić information content (AvgIpc) is 3.18. The number of anilines is 2. The summed E-state index contributed by atoms with van der Waals surface area (Å²) in [7, 11) is -3.94. The number of aromatic amines is 1. The summed E-state index contributed by atoms with van der Waals surface area (Å²) < 4.78 is 41.6. The molecule has 8 heteroatoms. The number of rotatable bonds is 5. The Bertz CT molecular complexity index is 1540. The fourth-order valence-corrected chi connectivity index (χ4v) is 5.96. The van der Waals surface area contributed by atoms with Gasteiger partial charge in [-0.25, -0.2) is 12.8 Å². The summed E-state index contributed by atoms with van der Waals surface area (Å²) in [4.78, 5) is 16.6. The largest absolute Gasteiger partial charge is 0.358 e. The van der Waals surface area contributed by atoms with E-state index in [1.807, 2.05) is 12.1 Å². The van der Waals surface area contributed by atoms with E-state index < -0.39 is 15.8 Å². The first-order valence-corrected chi connectivity index (χ1v) is 13.0. The van der Waals surface area contributed by atoms with E-state index in [1.54, 1.807) is 25.1 Å². The molecule has 0 fully saturated rings. The first-order valence-electron chi connectivity index (χ1n) is 11.5. The molecule has 1 amide bonds. The predicted octanol–water partition coefficient (Wildman–Crippen LogP) is 5.79. The number of carbonyl (C=O) groups is 1. The van der Waals surface area contributed by atoms with Gasteiger partial charge in [0.25, 0.3) is 15.9 Å². The maximum atomic E-state index is 13.2. The van der Waals surface area contributed by atoms with Crippen molar-refractivity contribution in [2.75, 3.05) is 10.0 Å². The molecule has 3 aromatic carbocycles. The van der Waals surface area contributed by atoms with Gasteiger partial charge in [0.05, 0.1) is 4.90 Å². The summed E-state index contributed by atoms with van der Waals surface area (Å²) in [5.74, 6) is -0.165. The highest BCUT2D eigenvalue weighted by atomic mass is 32.2. The second-order valence-electron chi connectivity index (χ2n) is 9.24. The molecule has 1 aliphatic carbocycles. The Hall–Kier alpha value is -3.65. The van der Waals surface area contributed by atoms with Crippen LogP contribution in [0.25, 0.3) is 10.9 Å². The van der Waals surface area contributed by atoms with Crippen LogP contribution in [0.5, 0.6) is 0 Å². The van der Waals surface area contributed by atoms with Crippen LogP contribution in [0.4, 0.5) is 15.8 Å². The van der Waals surface area contributed by atoms with Crippen LogP contribution in [0.1, 0.15) is 40.5 Å². The highest BCUT2D eigenvalue weighted by Crippen LogP contribution is 2.32. The van der Waals surface area contributed by atoms with E-state index in [9.17, 15) is 17.6 Å². The molecule has 5 rings (SSSR count). The van der Waals surface area contributed by atoms with E-state index in [2.05, 4.69) is 21.9 Å². The third-order valence-corrected chi connectivity index (χ3v) is 8.05. The summed E-state index contributed by atoms with van der Waals surface area (Å²) in [5, 5.41) is 3.89. The molecule has 0 saturated heterocycles. The van der Waals surface area contributed by atoms with Gasteiger partial charge >= 0.3 is 0 Å². The molecule has 0 radical (unpaired) electrons. The highest BCUT2D eigenvalue weighted by molar-refractivity contribution is 7.92. The number of aromatic nitrogens is 1. The van der Waals surface area contributed by atoms with Crippen molar-refractivity contribution < 1.29 is 17.6 Å². The van der Waals surface area contributed by atoms with Crippen LogP contribution >= 0.6 is 0 Å². The predicted molar refractivity (Wildman–Crippen MR) is 136 cm³/mol. The van der Waals surface area contributed by atoms with Crippen LogP contribution in [0, 0.1) is 18.7 Å². The number of amides is 1. The van der Waals surface area contributed by atoms with Crippen molar-refractivity contribution in [3.05, 3.63) is 88.9 Å². The normalized spacial score (nSPS) is 15.6. The van der Waals surface area contributed by atoms with Crippen molar-refractivity contribution in [1.29, 1.82) is 0 Å². The Kier molecular flexibility index (Phi) is 5.84. The lowest BCUT2D eigenvalue weighted by Gasteiger charge is -2.18. The second-order valence-corrected chi connectivity index (χ2v) is 10.9. The molecule has 0 bridgehead atoms. The number of halogens is 1. The number of H-pyrrole nitrogens is 1. The molecule has 1 heterocycles. The first-order chi connectivity index (χ1) is 16.7. The molecule has 4 aromatic rings. The summed E-state index contributed by atoms with van der Waals surface area (Å²) in [5.41, 5.74) is 5.19. The van der Waals surface area contributed by atoms with E-state index in [-0.39, 0.29) is 16.5 Å². The van der Waals surface area contributed by atoms with Gasteiger partial charge in [-0.1, -0.05) is 13.0 Å². The number of fused-ring (bicyclic) bond motifs is 3. The Labute approximate surface area is 203 Å². The highest BCUT2D eigenvalue weighted by Gasteiger charge is 2.21. The number of carbonyl (C=O) groups excluding carboxylic acids is 1. The minimum absolute atomic E-state index is 0.0313. The van der Waals surface area contributed by atoms with Crippen molar-refractivity contribution >= 4 is 38.2 Å². The molecule has 180 valence electrons. The second kappa shape index (κ2) is 8.85. The van der Waals surface area contributed by atoms with Crippen molar-refractivity contribution in [2.24, 2.45) is 5.92 Å². The molecule has 0 unspecified atom stereocenters. The Balaban J connectivity index is 1.40. The smallest absolute Gasteiger partial charge is 0.262 e. The van der Waals surface area contributed by atoms with Gasteiger partial charge in [0.1, 0.15) is 5.82 Å². The number of benzene rings is 3. The lowest BCUT2D eigenvalue weighted by Crippen LogP contribution is -2.16. The maximum Gasteiger partial charge on any atom is 0.262 e. The van der Waals surface area contributed by atoms with Crippen molar-refractivity contribution in [3.63, 3.8) is 0 Å². The maximum absolute atomic E-state index is 13.2. The zero-order valence-corrected chi connectivity index (χ0v) is 20.3. The molecular weight excluding hydrogens is 465 g/mol. The minimum atomic E-state index is -3.94. The van der Waals surface area contributed by atoms with Crippen LogP contribution in [-0.2, 0) is 22.9 Å². The molecule has 3 N–H and O–H groups in total. The molecule has 1 aromatic heterocycles. The van der Waals surface area contributed by atoms with Gasteiger partial charge in [-0.2, -0.15) is 0 Å². The van der Waals surface area contributed by atoms with Crippen LogP contribution in [0.2, 0.25) is 0 Å². The number of nitrogens with one attached hydrogen (secondary N) is 3. The van der Waals surface area contributed by atoms with Gasteiger partial charge in [0.15, 0.2) is 0 Å². The number of hydrogen-bond acceptors (Lipinski definition) is 3. The quantitative estimate of drug-likeness (QED) is 0.330. The Morgan fingerprint density at radius 2 is 1.77 bits per heavy atom. The Morgan fingerprint density at radius 3 is 2.54 bits per heavy atom. The number of hydrogen-bond donors (Lipinski definition) is 3. The van der Waals surface area contributed by atoms with Crippen LogP contribution < -0.4 is 10.0 Å². The molecule has 0 spiro atoms. The average molecular weight is 492 g/mol. The molecule has 0 saturated carbocycles. The van der Waals surface area contributed by atoms with Crippen LogP contribution in [-0.4, -0.2) is 19.3 Å². The van der Waals surface area contributed by atoms with Crippen LogP contribution in [0.15, 0.2) is 65.6 Å². The summed E-state index contributed by atoms with van der Waals surface area (Å²) in [6.45, 7) is 3.92. The molecular formula is C27H26FN3O3S.